The first-order valence-corrected chi connectivity index (χ1v) is 8.26. The quantitative estimate of drug-likeness (QED) is 0.712. The van der Waals surface area contributed by atoms with E-state index in [1.54, 1.807) is 38.2 Å². The number of anilines is 1. The molecule has 9 heteroatoms. The predicted molar refractivity (Wildman–Crippen MR) is 93.0 cm³/mol. The Labute approximate surface area is 153 Å². The van der Waals surface area contributed by atoms with Crippen molar-refractivity contribution in [3.63, 3.8) is 0 Å². The van der Waals surface area contributed by atoms with Crippen LogP contribution in [0.4, 0.5) is 18.9 Å². The minimum Gasteiger partial charge on any atom is -0.322 e. The van der Waals surface area contributed by atoms with E-state index in [4.69, 9.17) is 0 Å². The summed E-state index contributed by atoms with van der Waals surface area (Å²) in [6.45, 7) is 3.39. The number of rotatable bonds is 6. The average Bonchev–Trinajstić information content (AvgIpc) is 3.23. The maximum atomic E-state index is 13.7. The fourth-order valence-corrected chi connectivity index (χ4v) is 2.68. The third-order valence-electron chi connectivity index (χ3n) is 4.10. The first-order chi connectivity index (χ1) is 12.8. The summed E-state index contributed by atoms with van der Waals surface area (Å²) in [7, 11) is 0. The molecule has 0 radical (unpaired) electrons. The number of nitrogens with one attached hydrogen (secondary N) is 1. The van der Waals surface area contributed by atoms with Crippen molar-refractivity contribution in [3.8, 4) is 0 Å². The van der Waals surface area contributed by atoms with Gasteiger partial charge in [-0.05, 0) is 26.0 Å². The lowest BCUT2D eigenvalue weighted by atomic mass is 10.2. The van der Waals surface area contributed by atoms with Crippen LogP contribution < -0.4 is 5.32 Å². The van der Waals surface area contributed by atoms with Crippen LogP contribution in [0.25, 0.3) is 0 Å². The highest BCUT2D eigenvalue weighted by atomic mass is 19.3. The molecule has 27 heavy (non-hydrogen) atoms. The van der Waals surface area contributed by atoms with Crippen molar-refractivity contribution >= 4 is 11.6 Å². The van der Waals surface area contributed by atoms with E-state index in [9.17, 15) is 18.0 Å². The molecule has 6 nitrogen and oxygen atoms in total. The number of aryl methyl sites for hydroxylation is 1. The van der Waals surface area contributed by atoms with E-state index in [1.807, 2.05) is 0 Å². The van der Waals surface area contributed by atoms with Gasteiger partial charge in [0.15, 0.2) is 0 Å². The number of carbonyl (C=O) groups is 1. The molecule has 0 aliphatic rings. The molecule has 0 aliphatic carbocycles. The van der Waals surface area contributed by atoms with Gasteiger partial charge in [0.25, 0.3) is 6.43 Å². The minimum absolute atomic E-state index is 0.216. The van der Waals surface area contributed by atoms with Gasteiger partial charge in [-0.3, -0.25) is 14.2 Å². The zero-order valence-electron chi connectivity index (χ0n) is 14.7. The summed E-state index contributed by atoms with van der Waals surface area (Å²) in [6, 6.07) is 6.81. The normalized spacial score (nSPS) is 12.4. The number of aromatic nitrogens is 4. The number of hydrogen-bond acceptors (Lipinski definition) is 3. The predicted octanol–water partition coefficient (Wildman–Crippen LogP) is 3.71. The summed E-state index contributed by atoms with van der Waals surface area (Å²) in [5.74, 6) is -0.761. The van der Waals surface area contributed by atoms with E-state index in [-0.39, 0.29) is 18.1 Å². The molecule has 2 heterocycles. The number of carbonyl (C=O) groups excluding carboxylic acids is 1. The highest BCUT2D eigenvalue weighted by Crippen LogP contribution is 2.21. The molecule has 0 spiro atoms. The number of benzene rings is 1. The number of halogens is 3. The second kappa shape index (κ2) is 7.65. The molecule has 3 aromatic rings. The SMILES string of the molecule is Cc1cc(C(F)F)nn1C(C)C(=O)Nc1cnn(Cc2ccccc2F)c1. The molecule has 0 aliphatic heterocycles. The number of amides is 1. The smallest absolute Gasteiger partial charge is 0.282 e. The summed E-state index contributed by atoms with van der Waals surface area (Å²) >= 11 is 0. The molecule has 1 unspecified atom stereocenters. The van der Waals surface area contributed by atoms with E-state index < -0.39 is 18.4 Å². The Morgan fingerprint density at radius 1 is 1.30 bits per heavy atom. The second-order valence-electron chi connectivity index (χ2n) is 6.14. The molecule has 0 saturated heterocycles. The maximum Gasteiger partial charge on any atom is 0.282 e. The zero-order chi connectivity index (χ0) is 19.6. The van der Waals surface area contributed by atoms with Gasteiger partial charge < -0.3 is 5.32 Å². The van der Waals surface area contributed by atoms with Crippen molar-refractivity contribution < 1.29 is 18.0 Å². The van der Waals surface area contributed by atoms with Gasteiger partial charge in [-0.25, -0.2) is 13.2 Å². The van der Waals surface area contributed by atoms with Gasteiger partial charge in [-0.1, -0.05) is 18.2 Å². The molecule has 2 aromatic heterocycles. The van der Waals surface area contributed by atoms with Crippen molar-refractivity contribution in [2.45, 2.75) is 32.9 Å². The van der Waals surface area contributed by atoms with Crippen molar-refractivity contribution in [3.05, 3.63) is 65.5 Å². The van der Waals surface area contributed by atoms with E-state index in [0.717, 1.165) is 0 Å². The third-order valence-corrected chi connectivity index (χ3v) is 4.10. The van der Waals surface area contributed by atoms with Crippen molar-refractivity contribution in [2.24, 2.45) is 0 Å². The van der Waals surface area contributed by atoms with Crippen LogP contribution in [-0.2, 0) is 11.3 Å². The van der Waals surface area contributed by atoms with Crippen LogP contribution in [0.3, 0.4) is 0 Å². The maximum absolute atomic E-state index is 13.7. The van der Waals surface area contributed by atoms with Gasteiger partial charge in [0.1, 0.15) is 17.6 Å². The van der Waals surface area contributed by atoms with Crippen LogP contribution >= 0.6 is 0 Å². The Morgan fingerprint density at radius 2 is 2.04 bits per heavy atom. The fraction of sp³-hybridized carbons (Fsp3) is 0.278. The fourth-order valence-electron chi connectivity index (χ4n) is 2.68. The van der Waals surface area contributed by atoms with Crippen molar-refractivity contribution in [1.82, 2.24) is 19.6 Å². The van der Waals surface area contributed by atoms with Crippen LogP contribution in [-0.4, -0.2) is 25.5 Å². The lowest BCUT2D eigenvalue weighted by Crippen LogP contribution is -2.25. The van der Waals surface area contributed by atoms with E-state index in [0.29, 0.717) is 16.9 Å². The molecule has 0 saturated carbocycles. The van der Waals surface area contributed by atoms with Gasteiger partial charge in [0, 0.05) is 17.5 Å². The van der Waals surface area contributed by atoms with Gasteiger partial charge in [0.2, 0.25) is 5.91 Å². The van der Waals surface area contributed by atoms with Gasteiger partial charge in [-0.15, -0.1) is 0 Å². The Bertz CT molecular complexity index is 950. The topological polar surface area (TPSA) is 64.7 Å². The highest BCUT2D eigenvalue weighted by Gasteiger charge is 2.21. The van der Waals surface area contributed by atoms with Crippen molar-refractivity contribution in [2.75, 3.05) is 5.32 Å². The molecular formula is C18H18F3N5O. The molecule has 1 aromatic carbocycles. The zero-order valence-corrected chi connectivity index (χ0v) is 14.7. The lowest BCUT2D eigenvalue weighted by molar-refractivity contribution is -0.119. The Balaban J connectivity index is 1.68. The molecule has 3 rings (SSSR count). The Morgan fingerprint density at radius 3 is 2.70 bits per heavy atom. The monoisotopic (exact) mass is 377 g/mol. The molecule has 0 fully saturated rings. The summed E-state index contributed by atoms with van der Waals surface area (Å²) in [5.41, 5.74) is 0.980. The van der Waals surface area contributed by atoms with Crippen LogP contribution in [0.2, 0.25) is 0 Å². The Hall–Kier alpha value is -3.10. The lowest BCUT2D eigenvalue weighted by Gasteiger charge is -2.13. The second-order valence-corrected chi connectivity index (χ2v) is 6.14. The van der Waals surface area contributed by atoms with E-state index in [2.05, 4.69) is 15.5 Å². The molecule has 1 N–H and O–H groups in total. The van der Waals surface area contributed by atoms with E-state index >= 15 is 0 Å². The summed E-state index contributed by atoms with van der Waals surface area (Å²) in [5, 5.41) is 10.5. The first-order valence-electron chi connectivity index (χ1n) is 8.26. The molecule has 0 bridgehead atoms. The molecule has 142 valence electrons. The van der Waals surface area contributed by atoms with Crippen LogP contribution in [0.5, 0.6) is 0 Å². The molecular weight excluding hydrogens is 359 g/mol. The van der Waals surface area contributed by atoms with Crippen LogP contribution in [0.1, 0.15) is 36.3 Å². The molecule has 1 atom stereocenters. The number of alkyl halides is 2. The third kappa shape index (κ3) is 4.18. The van der Waals surface area contributed by atoms with Crippen molar-refractivity contribution in [1.29, 1.82) is 0 Å². The molecule has 1 amide bonds. The Kier molecular flexibility index (Phi) is 5.29. The standard InChI is InChI=1S/C18H18F3N5O/c1-11-7-16(17(20)21)24-26(11)12(2)18(27)23-14-8-22-25(10-14)9-13-5-3-4-6-15(13)19/h3-8,10,12,17H,9H2,1-2H3,(H,23,27). The first kappa shape index (κ1) is 18.7. The number of hydrogen-bond donors (Lipinski definition) is 1. The van der Waals surface area contributed by atoms with E-state index in [1.165, 1.54) is 27.7 Å². The largest absolute Gasteiger partial charge is 0.322 e. The van der Waals surface area contributed by atoms with Gasteiger partial charge in [0.05, 0.1) is 18.4 Å². The number of nitrogens with zero attached hydrogens (tertiary/aromatic N) is 4. The van der Waals surface area contributed by atoms with Crippen LogP contribution in [0.15, 0.2) is 42.7 Å². The van der Waals surface area contributed by atoms with Gasteiger partial charge >= 0.3 is 0 Å². The van der Waals surface area contributed by atoms with Gasteiger partial charge in [-0.2, -0.15) is 10.2 Å². The highest BCUT2D eigenvalue weighted by molar-refractivity contribution is 5.93. The average molecular weight is 377 g/mol. The summed E-state index contributed by atoms with van der Waals surface area (Å²) in [6.07, 6.45) is 0.306. The summed E-state index contributed by atoms with van der Waals surface area (Å²) < 4.78 is 42.0. The minimum atomic E-state index is -2.70. The summed E-state index contributed by atoms with van der Waals surface area (Å²) in [4.78, 5) is 12.4. The van der Waals surface area contributed by atoms with Crippen LogP contribution in [0, 0.1) is 12.7 Å².